The molecule has 0 amide bonds. The molecule has 0 spiro atoms. The molecule has 2 saturated heterocycles. The fraction of sp³-hybridized carbons (Fsp3) is 1.00. The van der Waals surface area contributed by atoms with E-state index in [2.05, 4.69) is 29.0 Å². The summed E-state index contributed by atoms with van der Waals surface area (Å²) < 4.78 is 5.81. The lowest BCUT2D eigenvalue weighted by molar-refractivity contribution is -0.0256. The summed E-state index contributed by atoms with van der Waals surface area (Å²) in [7, 11) is 0. The fourth-order valence-corrected chi connectivity index (χ4v) is 3.14. The quantitative estimate of drug-likeness (QED) is 0.759. The molecule has 4 nitrogen and oxygen atoms in total. The van der Waals surface area contributed by atoms with Crippen LogP contribution in [0.15, 0.2) is 0 Å². The second-order valence-electron chi connectivity index (χ2n) is 5.47. The van der Waals surface area contributed by atoms with E-state index in [0.29, 0.717) is 6.10 Å². The van der Waals surface area contributed by atoms with Gasteiger partial charge >= 0.3 is 0 Å². The highest BCUT2D eigenvalue weighted by molar-refractivity contribution is 4.81. The van der Waals surface area contributed by atoms with Crippen LogP contribution < -0.4 is 5.32 Å². The minimum absolute atomic E-state index is 0.384. The Morgan fingerprint density at radius 2 is 2.06 bits per heavy atom. The van der Waals surface area contributed by atoms with E-state index in [9.17, 15) is 0 Å². The molecule has 2 atom stereocenters. The van der Waals surface area contributed by atoms with Gasteiger partial charge in [-0.15, -0.1) is 0 Å². The number of nitrogens with zero attached hydrogens (tertiary/aromatic N) is 2. The van der Waals surface area contributed by atoms with Crippen molar-refractivity contribution in [2.45, 2.75) is 38.8 Å². The summed E-state index contributed by atoms with van der Waals surface area (Å²) in [6.45, 7) is 13.3. The zero-order chi connectivity index (χ0) is 12.8. The van der Waals surface area contributed by atoms with Crippen LogP contribution in [0.5, 0.6) is 0 Å². The molecule has 0 aromatic carbocycles. The molecule has 0 aromatic rings. The molecule has 0 aromatic heterocycles. The Morgan fingerprint density at radius 1 is 1.17 bits per heavy atom. The summed E-state index contributed by atoms with van der Waals surface area (Å²) in [5, 5.41) is 3.61. The molecule has 0 radical (unpaired) electrons. The first-order valence-corrected chi connectivity index (χ1v) is 7.62. The number of hydrogen-bond donors (Lipinski definition) is 1. The van der Waals surface area contributed by atoms with Crippen molar-refractivity contribution in [3.05, 3.63) is 0 Å². The lowest BCUT2D eigenvalue weighted by Crippen LogP contribution is -2.48. The van der Waals surface area contributed by atoms with E-state index < -0.39 is 0 Å². The highest BCUT2D eigenvalue weighted by Crippen LogP contribution is 2.15. The normalized spacial score (nSPS) is 31.0. The molecule has 2 aliphatic heterocycles. The maximum absolute atomic E-state index is 5.81. The van der Waals surface area contributed by atoms with Crippen LogP contribution in [0.1, 0.15) is 26.7 Å². The average molecular weight is 255 g/mol. The van der Waals surface area contributed by atoms with Crippen LogP contribution in [0, 0.1) is 0 Å². The monoisotopic (exact) mass is 255 g/mol. The minimum Gasteiger partial charge on any atom is -0.374 e. The van der Waals surface area contributed by atoms with Crippen molar-refractivity contribution >= 4 is 0 Å². The predicted molar refractivity (Wildman–Crippen MR) is 75.0 cm³/mol. The Hall–Kier alpha value is -0.160. The van der Waals surface area contributed by atoms with Crippen LogP contribution in [0.2, 0.25) is 0 Å². The van der Waals surface area contributed by atoms with E-state index in [1.165, 1.54) is 25.9 Å². The molecule has 4 heteroatoms. The molecule has 2 heterocycles. The van der Waals surface area contributed by atoms with Gasteiger partial charge < -0.3 is 10.1 Å². The molecule has 0 aliphatic carbocycles. The maximum atomic E-state index is 5.81. The molecule has 18 heavy (non-hydrogen) atoms. The Labute approximate surface area is 112 Å². The van der Waals surface area contributed by atoms with Gasteiger partial charge in [-0.05, 0) is 32.5 Å². The fourth-order valence-electron chi connectivity index (χ4n) is 3.14. The number of rotatable bonds is 6. The molecule has 0 saturated carbocycles. The summed E-state index contributed by atoms with van der Waals surface area (Å²) in [4.78, 5) is 5.07. The zero-order valence-electron chi connectivity index (χ0n) is 12.0. The predicted octanol–water partition coefficient (Wildman–Crippen LogP) is 0.781. The largest absolute Gasteiger partial charge is 0.374 e. The molecule has 2 rings (SSSR count). The first-order chi connectivity index (χ1) is 8.83. The minimum atomic E-state index is 0.384. The Morgan fingerprint density at radius 3 is 2.83 bits per heavy atom. The van der Waals surface area contributed by atoms with Crippen LogP contribution in [0.25, 0.3) is 0 Å². The van der Waals surface area contributed by atoms with Crippen molar-refractivity contribution in [2.24, 2.45) is 0 Å². The van der Waals surface area contributed by atoms with Gasteiger partial charge in [-0.1, -0.05) is 13.8 Å². The SMILES string of the molecule is CCN1CCOC(CNCC2CCCN2CC)C1. The lowest BCUT2D eigenvalue weighted by atomic mass is 10.2. The first-order valence-electron chi connectivity index (χ1n) is 7.62. The third-order valence-corrected chi connectivity index (χ3v) is 4.33. The van der Waals surface area contributed by atoms with Crippen LogP contribution in [0.4, 0.5) is 0 Å². The van der Waals surface area contributed by atoms with Crippen LogP contribution >= 0.6 is 0 Å². The highest BCUT2D eigenvalue weighted by Gasteiger charge is 2.23. The van der Waals surface area contributed by atoms with Crippen molar-refractivity contribution < 1.29 is 4.74 Å². The summed E-state index contributed by atoms with van der Waals surface area (Å²) in [6, 6.07) is 0.751. The van der Waals surface area contributed by atoms with Crippen LogP contribution in [-0.2, 0) is 4.74 Å². The third-order valence-electron chi connectivity index (χ3n) is 4.33. The second-order valence-corrected chi connectivity index (χ2v) is 5.47. The lowest BCUT2D eigenvalue weighted by Gasteiger charge is -2.32. The molecule has 0 bridgehead atoms. The van der Waals surface area contributed by atoms with Gasteiger partial charge in [0, 0.05) is 32.2 Å². The average Bonchev–Trinajstić information content (AvgIpc) is 2.86. The molecule has 2 fully saturated rings. The van der Waals surface area contributed by atoms with Crippen molar-refractivity contribution in [3.63, 3.8) is 0 Å². The molecule has 2 aliphatic rings. The maximum Gasteiger partial charge on any atom is 0.0826 e. The molecule has 1 N–H and O–H groups in total. The van der Waals surface area contributed by atoms with Gasteiger partial charge in [0.1, 0.15) is 0 Å². The smallest absolute Gasteiger partial charge is 0.0826 e. The van der Waals surface area contributed by atoms with Crippen LogP contribution in [-0.4, -0.2) is 74.4 Å². The number of nitrogens with one attached hydrogen (secondary N) is 1. The molecular formula is C14H29N3O. The van der Waals surface area contributed by atoms with E-state index in [1.54, 1.807) is 0 Å². The van der Waals surface area contributed by atoms with Gasteiger partial charge in [0.25, 0.3) is 0 Å². The standard InChI is InChI=1S/C14H29N3O/c1-3-16-8-9-18-14(12-16)11-15-10-13-6-5-7-17(13)4-2/h13-15H,3-12H2,1-2H3. The van der Waals surface area contributed by atoms with Crippen molar-refractivity contribution in [1.82, 2.24) is 15.1 Å². The van der Waals surface area contributed by atoms with Crippen molar-refractivity contribution in [3.8, 4) is 0 Å². The third kappa shape index (κ3) is 3.92. The van der Waals surface area contributed by atoms with Gasteiger partial charge in [-0.25, -0.2) is 0 Å². The summed E-state index contributed by atoms with van der Waals surface area (Å²) in [5.41, 5.74) is 0. The summed E-state index contributed by atoms with van der Waals surface area (Å²) in [5.74, 6) is 0. The van der Waals surface area contributed by atoms with Gasteiger partial charge in [-0.3, -0.25) is 9.80 Å². The number of morpholine rings is 1. The van der Waals surface area contributed by atoms with Gasteiger partial charge in [0.05, 0.1) is 12.7 Å². The number of hydrogen-bond acceptors (Lipinski definition) is 4. The number of likely N-dealkylation sites (N-methyl/N-ethyl adjacent to an activating group) is 2. The zero-order valence-corrected chi connectivity index (χ0v) is 12.0. The van der Waals surface area contributed by atoms with Gasteiger partial charge in [-0.2, -0.15) is 0 Å². The first kappa shape index (κ1) is 14.3. The van der Waals surface area contributed by atoms with E-state index >= 15 is 0 Å². The molecule has 106 valence electrons. The molecular weight excluding hydrogens is 226 g/mol. The van der Waals surface area contributed by atoms with Crippen LogP contribution in [0.3, 0.4) is 0 Å². The molecule has 2 unspecified atom stereocenters. The highest BCUT2D eigenvalue weighted by atomic mass is 16.5. The number of likely N-dealkylation sites (tertiary alicyclic amines) is 1. The summed E-state index contributed by atoms with van der Waals surface area (Å²) in [6.07, 6.45) is 3.10. The van der Waals surface area contributed by atoms with Crippen molar-refractivity contribution in [2.75, 3.05) is 52.4 Å². The van der Waals surface area contributed by atoms with Gasteiger partial charge in [0.15, 0.2) is 0 Å². The summed E-state index contributed by atoms with van der Waals surface area (Å²) >= 11 is 0. The van der Waals surface area contributed by atoms with Gasteiger partial charge in [0.2, 0.25) is 0 Å². The van der Waals surface area contributed by atoms with Crippen molar-refractivity contribution in [1.29, 1.82) is 0 Å². The van der Waals surface area contributed by atoms with E-state index in [-0.39, 0.29) is 0 Å². The Kier molecular flexibility index (Phi) is 5.89. The Bertz CT molecular complexity index is 237. The van der Waals surface area contributed by atoms with E-state index in [1.807, 2.05) is 0 Å². The van der Waals surface area contributed by atoms with E-state index in [4.69, 9.17) is 4.74 Å². The topological polar surface area (TPSA) is 27.7 Å². The second kappa shape index (κ2) is 7.43. The Balaban J connectivity index is 1.62. The van der Waals surface area contributed by atoms with E-state index in [0.717, 1.165) is 45.4 Å². The number of ether oxygens (including phenoxy) is 1.